The van der Waals surface area contributed by atoms with E-state index in [9.17, 15) is 9.59 Å². The Hall–Kier alpha value is -2.57. The van der Waals surface area contributed by atoms with Gasteiger partial charge in [0.05, 0.1) is 6.54 Å². The number of carbonyl (C=O) groups is 2. The van der Waals surface area contributed by atoms with Crippen LogP contribution in [0.3, 0.4) is 0 Å². The van der Waals surface area contributed by atoms with E-state index < -0.39 is 5.60 Å². The van der Waals surface area contributed by atoms with Crippen LogP contribution < -0.4 is 0 Å². The average molecular weight is 328 g/mol. The van der Waals surface area contributed by atoms with Crippen molar-refractivity contribution >= 4 is 17.6 Å². The molecule has 0 unspecified atom stereocenters. The number of pyridine rings is 1. The van der Waals surface area contributed by atoms with E-state index in [4.69, 9.17) is 4.74 Å². The van der Waals surface area contributed by atoms with Gasteiger partial charge in [-0.25, -0.2) is 9.78 Å². The first-order chi connectivity index (χ1) is 11.5. The predicted octanol–water partition coefficient (Wildman–Crippen LogP) is 1.70. The Balaban J connectivity index is 1.50. The summed E-state index contributed by atoms with van der Waals surface area (Å²) >= 11 is 0. The third kappa shape index (κ3) is 2.31. The van der Waals surface area contributed by atoms with Gasteiger partial charge in [-0.1, -0.05) is 6.07 Å². The summed E-state index contributed by atoms with van der Waals surface area (Å²) in [6.45, 7) is 3.73. The van der Waals surface area contributed by atoms with Gasteiger partial charge in [0, 0.05) is 45.4 Å². The molecule has 7 nitrogen and oxygen atoms in total. The zero-order valence-corrected chi connectivity index (χ0v) is 13.9. The number of aromatic nitrogens is 2. The van der Waals surface area contributed by atoms with Crippen molar-refractivity contribution in [2.75, 3.05) is 26.7 Å². The smallest absolute Gasteiger partial charge is 0.410 e. The lowest BCUT2D eigenvalue weighted by atomic mass is 9.91. The van der Waals surface area contributed by atoms with Crippen molar-refractivity contribution in [2.24, 2.45) is 0 Å². The Morgan fingerprint density at radius 1 is 1.33 bits per heavy atom. The van der Waals surface area contributed by atoms with Gasteiger partial charge < -0.3 is 18.9 Å². The second kappa shape index (κ2) is 5.22. The number of imidazole rings is 1. The third-order valence-electron chi connectivity index (χ3n) is 5.00. The highest BCUT2D eigenvalue weighted by atomic mass is 16.6. The first kappa shape index (κ1) is 15.0. The average Bonchev–Trinajstić information content (AvgIpc) is 3.11. The van der Waals surface area contributed by atoms with E-state index >= 15 is 0 Å². The number of likely N-dealkylation sites (tertiary alicyclic amines) is 1. The molecule has 2 saturated heterocycles. The van der Waals surface area contributed by atoms with Crippen LogP contribution in [0.1, 0.15) is 28.9 Å². The maximum absolute atomic E-state index is 12.7. The summed E-state index contributed by atoms with van der Waals surface area (Å²) < 4.78 is 7.41. The van der Waals surface area contributed by atoms with Gasteiger partial charge in [0.25, 0.3) is 5.91 Å². The molecule has 0 bridgehead atoms. The summed E-state index contributed by atoms with van der Waals surface area (Å²) in [5.41, 5.74) is 1.87. The molecule has 126 valence electrons. The standard InChI is InChI=1S/C17H20N4O3/c1-12-4-3-7-21-10-13(18-14(12)21)15(22)20-8-5-17(6-9-20)11-19(2)16(23)24-17/h3-4,7,10H,5-6,8-9,11H2,1-2H3. The summed E-state index contributed by atoms with van der Waals surface area (Å²) in [5, 5.41) is 0. The minimum Gasteiger partial charge on any atom is -0.441 e. The highest BCUT2D eigenvalue weighted by Gasteiger charge is 2.46. The van der Waals surface area contributed by atoms with Crippen LogP contribution in [-0.2, 0) is 4.74 Å². The number of hydrogen-bond acceptors (Lipinski definition) is 4. The second-order valence-electron chi connectivity index (χ2n) is 6.75. The Labute approximate surface area is 139 Å². The van der Waals surface area contributed by atoms with Gasteiger partial charge in [0.2, 0.25) is 0 Å². The van der Waals surface area contributed by atoms with Crippen LogP contribution >= 0.6 is 0 Å². The van der Waals surface area contributed by atoms with Crippen LogP contribution in [0.15, 0.2) is 24.5 Å². The highest BCUT2D eigenvalue weighted by Crippen LogP contribution is 2.32. The van der Waals surface area contributed by atoms with Gasteiger partial charge in [-0.3, -0.25) is 4.79 Å². The molecular weight excluding hydrogens is 308 g/mol. The topological polar surface area (TPSA) is 67.2 Å². The second-order valence-corrected chi connectivity index (χ2v) is 6.75. The lowest BCUT2D eigenvalue weighted by Crippen LogP contribution is -2.48. The van der Waals surface area contributed by atoms with Gasteiger partial charge in [-0.2, -0.15) is 0 Å². The van der Waals surface area contributed by atoms with E-state index in [2.05, 4.69) is 4.98 Å². The van der Waals surface area contributed by atoms with E-state index in [1.807, 2.05) is 29.7 Å². The van der Waals surface area contributed by atoms with Crippen molar-refractivity contribution in [1.29, 1.82) is 0 Å². The molecule has 0 radical (unpaired) electrons. The van der Waals surface area contributed by atoms with Gasteiger partial charge in [0.1, 0.15) is 16.9 Å². The Morgan fingerprint density at radius 3 is 2.71 bits per heavy atom. The molecular formula is C17H20N4O3. The monoisotopic (exact) mass is 328 g/mol. The number of amides is 2. The summed E-state index contributed by atoms with van der Waals surface area (Å²) in [4.78, 5) is 32.2. The maximum Gasteiger partial charge on any atom is 0.410 e. The zero-order chi connectivity index (χ0) is 16.9. The molecule has 2 amide bonds. The number of aryl methyl sites for hydroxylation is 1. The molecule has 1 spiro atoms. The normalized spacial score (nSPS) is 20.0. The predicted molar refractivity (Wildman–Crippen MR) is 86.9 cm³/mol. The zero-order valence-electron chi connectivity index (χ0n) is 13.9. The molecule has 4 rings (SSSR count). The summed E-state index contributed by atoms with van der Waals surface area (Å²) in [6.07, 6.45) is 4.73. The van der Waals surface area contributed by atoms with E-state index in [-0.39, 0.29) is 12.0 Å². The Bertz CT molecular complexity index is 820. The summed E-state index contributed by atoms with van der Waals surface area (Å²) in [5.74, 6) is -0.0642. The summed E-state index contributed by atoms with van der Waals surface area (Å²) in [6, 6.07) is 3.92. The van der Waals surface area contributed by atoms with Gasteiger partial charge in [0.15, 0.2) is 0 Å². The fourth-order valence-corrected chi connectivity index (χ4v) is 3.59. The SMILES string of the molecule is Cc1cccn2cc(C(=O)N3CCC4(CC3)CN(C)C(=O)O4)nc12. The molecule has 0 aromatic carbocycles. The number of nitrogens with zero attached hydrogens (tertiary/aromatic N) is 4. The van der Waals surface area contributed by atoms with Gasteiger partial charge in [-0.05, 0) is 18.6 Å². The lowest BCUT2D eigenvalue weighted by molar-refractivity contribution is 0.00302. The number of hydrogen-bond donors (Lipinski definition) is 0. The van der Waals surface area contributed by atoms with Crippen LogP contribution in [0.5, 0.6) is 0 Å². The number of likely N-dealkylation sites (N-methyl/N-ethyl adjacent to an activating group) is 1. The van der Waals surface area contributed by atoms with Gasteiger partial charge >= 0.3 is 6.09 Å². The Kier molecular flexibility index (Phi) is 3.26. The van der Waals surface area contributed by atoms with Crippen molar-refractivity contribution in [3.63, 3.8) is 0 Å². The molecule has 4 heterocycles. The number of ether oxygens (including phenoxy) is 1. The fourth-order valence-electron chi connectivity index (χ4n) is 3.59. The highest BCUT2D eigenvalue weighted by molar-refractivity contribution is 5.93. The first-order valence-electron chi connectivity index (χ1n) is 8.15. The quantitative estimate of drug-likeness (QED) is 0.799. The van der Waals surface area contributed by atoms with Crippen LogP contribution in [0.4, 0.5) is 4.79 Å². The number of fused-ring (bicyclic) bond motifs is 1. The first-order valence-corrected chi connectivity index (χ1v) is 8.15. The van der Waals surface area contributed by atoms with Crippen molar-refractivity contribution in [3.8, 4) is 0 Å². The van der Waals surface area contributed by atoms with Crippen molar-refractivity contribution in [1.82, 2.24) is 19.2 Å². The van der Waals surface area contributed by atoms with Crippen molar-refractivity contribution in [3.05, 3.63) is 35.8 Å². The Morgan fingerprint density at radius 2 is 2.08 bits per heavy atom. The minimum absolute atomic E-state index is 0.0642. The largest absolute Gasteiger partial charge is 0.441 e. The molecule has 2 aliphatic heterocycles. The minimum atomic E-state index is -0.432. The molecule has 0 aliphatic carbocycles. The fraction of sp³-hybridized carbons (Fsp3) is 0.471. The van der Waals surface area contributed by atoms with E-state index in [0.29, 0.717) is 38.2 Å². The van der Waals surface area contributed by atoms with Crippen LogP contribution in [0.2, 0.25) is 0 Å². The molecule has 0 atom stereocenters. The van der Waals surface area contributed by atoms with Gasteiger partial charge in [-0.15, -0.1) is 0 Å². The van der Waals surface area contributed by atoms with Crippen LogP contribution in [-0.4, -0.2) is 63.5 Å². The lowest BCUT2D eigenvalue weighted by Gasteiger charge is -2.37. The molecule has 2 aliphatic rings. The number of rotatable bonds is 1. The van der Waals surface area contributed by atoms with Crippen LogP contribution in [0.25, 0.3) is 5.65 Å². The van der Waals surface area contributed by atoms with Crippen LogP contribution in [0, 0.1) is 6.92 Å². The number of carbonyl (C=O) groups excluding carboxylic acids is 2. The molecule has 0 N–H and O–H groups in total. The molecule has 2 fully saturated rings. The van der Waals surface area contributed by atoms with E-state index in [1.54, 1.807) is 23.0 Å². The van der Waals surface area contributed by atoms with Crippen molar-refractivity contribution in [2.45, 2.75) is 25.4 Å². The molecule has 7 heteroatoms. The van der Waals surface area contributed by atoms with Crippen molar-refractivity contribution < 1.29 is 14.3 Å². The number of piperidine rings is 1. The third-order valence-corrected chi connectivity index (χ3v) is 5.00. The summed E-state index contributed by atoms with van der Waals surface area (Å²) in [7, 11) is 1.74. The molecule has 24 heavy (non-hydrogen) atoms. The molecule has 2 aromatic rings. The van der Waals surface area contributed by atoms with E-state index in [0.717, 1.165) is 11.2 Å². The molecule has 2 aromatic heterocycles. The molecule has 0 saturated carbocycles. The maximum atomic E-state index is 12.7. The van der Waals surface area contributed by atoms with E-state index in [1.165, 1.54) is 0 Å².